The fraction of sp³-hybridized carbons (Fsp3) is 0.133. The molecule has 6 aromatic carbocycles. The molecule has 0 fully saturated rings. The van der Waals surface area contributed by atoms with Crippen LogP contribution in [0, 0.1) is 0 Å². The summed E-state index contributed by atoms with van der Waals surface area (Å²) in [5, 5.41) is 1.48. The summed E-state index contributed by atoms with van der Waals surface area (Å²) in [6, 6.07) is 52.0. The van der Waals surface area contributed by atoms with Crippen molar-refractivity contribution >= 4 is 13.3 Å². The van der Waals surface area contributed by atoms with Crippen LogP contribution in [0.2, 0.25) is 19.6 Å². The SMILES string of the molecule is CC1(C)c2cc(-c3ccc([Si](C)(C)C)cc3)ccc2-c2ccc(-c3nc(-c4ccccc4)nc(-c4cccc(-c5ccccc5)c4)n3)cc21. The van der Waals surface area contributed by atoms with Gasteiger partial charge in [0.25, 0.3) is 0 Å². The van der Waals surface area contributed by atoms with Gasteiger partial charge in [-0.3, -0.25) is 0 Å². The highest BCUT2D eigenvalue weighted by atomic mass is 28.3. The first kappa shape index (κ1) is 30.9. The number of fused-ring (bicyclic) bond motifs is 3. The van der Waals surface area contributed by atoms with Crippen LogP contribution in [0.3, 0.4) is 0 Å². The highest BCUT2D eigenvalue weighted by molar-refractivity contribution is 6.88. The van der Waals surface area contributed by atoms with E-state index >= 15 is 0 Å². The van der Waals surface area contributed by atoms with Gasteiger partial charge in [0, 0.05) is 22.1 Å². The Labute approximate surface area is 290 Å². The van der Waals surface area contributed by atoms with Gasteiger partial charge in [-0.2, -0.15) is 0 Å². The molecular formula is C45H39N3Si. The quantitative estimate of drug-likeness (QED) is 0.168. The average Bonchev–Trinajstić information content (AvgIpc) is 3.37. The predicted octanol–water partition coefficient (Wildman–Crippen LogP) is 11.1. The molecule has 1 aliphatic rings. The summed E-state index contributed by atoms with van der Waals surface area (Å²) < 4.78 is 0. The molecule has 238 valence electrons. The largest absolute Gasteiger partial charge is 0.208 e. The Hall–Kier alpha value is -5.45. The molecule has 3 nitrogen and oxygen atoms in total. The fourth-order valence-corrected chi connectivity index (χ4v) is 8.20. The first-order valence-electron chi connectivity index (χ1n) is 17.0. The van der Waals surface area contributed by atoms with E-state index in [9.17, 15) is 0 Å². The Bertz CT molecular complexity index is 2320. The highest BCUT2D eigenvalue weighted by Crippen LogP contribution is 2.50. The van der Waals surface area contributed by atoms with Gasteiger partial charge in [0.05, 0.1) is 8.07 Å². The van der Waals surface area contributed by atoms with E-state index in [-0.39, 0.29) is 5.41 Å². The molecule has 0 saturated heterocycles. The van der Waals surface area contributed by atoms with E-state index in [0.29, 0.717) is 17.5 Å². The third kappa shape index (κ3) is 5.72. The monoisotopic (exact) mass is 649 g/mol. The third-order valence-corrected chi connectivity index (χ3v) is 12.0. The summed E-state index contributed by atoms with van der Waals surface area (Å²) >= 11 is 0. The van der Waals surface area contributed by atoms with E-state index in [0.717, 1.165) is 27.8 Å². The van der Waals surface area contributed by atoms with Crippen LogP contribution in [-0.4, -0.2) is 23.0 Å². The lowest BCUT2D eigenvalue weighted by molar-refractivity contribution is 0.661. The number of nitrogens with zero attached hydrogens (tertiary/aromatic N) is 3. The molecule has 0 radical (unpaired) electrons. The van der Waals surface area contributed by atoms with Gasteiger partial charge >= 0.3 is 0 Å². The second-order valence-electron chi connectivity index (χ2n) is 14.6. The van der Waals surface area contributed by atoms with Crippen molar-refractivity contribution in [2.45, 2.75) is 38.9 Å². The van der Waals surface area contributed by atoms with E-state index in [1.165, 1.54) is 38.6 Å². The van der Waals surface area contributed by atoms with Gasteiger partial charge in [-0.1, -0.05) is 166 Å². The van der Waals surface area contributed by atoms with Crippen molar-refractivity contribution in [2.75, 3.05) is 0 Å². The van der Waals surface area contributed by atoms with Crippen LogP contribution in [-0.2, 0) is 5.41 Å². The van der Waals surface area contributed by atoms with Gasteiger partial charge in [0.2, 0.25) is 0 Å². The summed E-state index contributed by atoms with van der Waals surface area (Å²) in [6.07, 6.45) is 0. The molecule has 4 heteroatoms. The van der Waals surface area contributed by atoms with Gasteiger partial charge in [0.15, 0.2) is 17.5 Å². The Morgan fingerprint density at radius 1 is 0.388 bits per heavy atom. The highest BCUT2D eigenvalue weighted by Gasteiger charge is 2.36. The summed E-state index contributed by atoms with van der Waals surface area (Å²) in [7, 11) is -1.35. The minimum Gasteiger partial charge on any atom is -0.208 e. The normalized spacial score (nSPS) is 13.2. The summed E-state index contributed by atoms with van der Waals surface area (Å²) in [5.41, 5.74) is 12.8. The molecule has 0 unspecified atom stereocenters. The van der Waals surface area contributed by atoms with Crippen LogP contribution in [0.1, 0.15) is 25.0 Å². The zero-order chi connectivity index (χ0) is 33.8. The van der Waals surface area contributed by atoms with Crippen LogP contribution in [0.25, 0.3) is 67.5 Å². The number of hydrogen-bond donors (Lipinski definition) is 0. The number of hydrogen-bond acceptors (Lipinski definition) is 3. The maximum atomic E-state index is 5.12. The van der Waals surface area contributed by atoms with Crippen LogP contribution in [0.4, 0.5) is 0 Å². The van der Waals surface area contributed by atoms with Crippen molar-refractivity contribution in [2.24, 2.45) is 0 Å². The van der Waals surface area contributed by atoms with Gasteiger partial charge in [0.1, 0.15) is 0 Å². The molecule has 0 amide bonds. The molecule has 0 atom stereocenters. The first-order chi connectivity index (χ1) is 23.6. The molecule has 7 aromatic rings. The summed E-state index contributed by atoms with van der Waals surface area (Å²) in [5.74, 6) is 2.00. The van der Waals surface area contributed by atoms with Gasteiger partial charge < -0.3 is 0 Å². The predicted molar refractivity (Wildman–Crippen MR) is 208 cm³/mol. The van der Waals surface area contributed by atoms with Crippen LogP contribution < -0.4 is 5.19 Å². The molecule has 1 aliphatic carbocycles. The second kappa shape index (κ2) is 11.9. The van der Waals surface area contributed by atoms with Crippen molar-refractivity contribution < 1.29 is 0 Å². The Kier molecular flexibility index (Phi) is 7.50. The number of benzene rings is 6. The Morgan fingerprint density at radius 3 is 1.39 bits per heavy atom. The molecule has 1 heterocycles. The molecule has 0 spiro atoms. The summed E-state index contributed by atoms with van der Waals surface area (Å²) in [4.78, 5) is 15.2. The van der Waals surface area contributed by atoms with E-state index in [1.54, 1.807) is 0 Å². The fourth-order valence-electron chi connectivity index (χ4n) is 7.04. The standard InChI is InChI=1S/C45H39N3Si/c1-45(2)40-28-34(31-19-23-37(24-20-31)49(3,4)5)21-25-38(40)39-26-22-36(29-41(39)45)44-47-42(32-15-10-7-11-16-32)46-43(48-44)35-18-12-17-33(27-35)30-13-8-6-9-14-30/h6-29H,1-5H3. The Morgan fingerprint density at radius 2 is 0.796 bits per heavy atom. The third-order valence-electron chi connectivity index (χ3n) is 9.91. The van der Waals surface area contributed by atoms with Crippen molar-refractivity contribution in [1.82, 2.24) is 15.0 Å². The van der Waals surface area contributed by atoms with Crippen LogP contribution in [0.15, 0.2) is 146 Å². The lowest BCUT2D eigenvalue weighted by Crippen LogP contribution is -2.37. The van der Waals surface area contributed by atoms with Crippen LogP contribution >= 0.6 is 0 Å². The first-order valence-corrected chi connectivity index (χ1v) is 20.5. The van der Waals surface area contributed by atoms with Crippen molar-refractivity contribution in [3.05, 3.63) is 157 Å². The lowest BCUT2D eigenvalue weighted by atomic mass is 9.81. The van der Waals surface area contributed by atoms with E-state index in [1.807, 2.05) is 24.3 Å². The second-order valence-corrected chi connectivity index (χ2v) is 19.7. The lowest BCUT2D eigenvalue weighted by Gasteiger charge is -2.23. The molecule has 0 aliphatic heterocycles. The summed E-state index contributed by atoms with van der Waals surface area (Å²) in [6.45, 7) is 11.9. The van der Waals surface area contributed by atoms with Gasteiger partial charge in [-0.05, 0) is 62.7 Å². The molecule has 0 saturated carbocycles. The molecule has 0 N–H and O–H groups in total. The Balaban J connectivity index is 1.20. The molecule has 8 rings (SSSR count). The minimum atomic E-state index is -1.35. The maximum absolute atomic E-state index is 5.12. The van der Waals surface area contributed by atoms with Gasteiger partial charge in [-0.25, -0.2) is 15.0 Å². The van der Waals surface area contributed by atoms with Gasteiger partial charge in [-0.15, -0.1) is 0 Å². The minimum absolute atomic E-state index is 0.183. The zero-order valence-corrected chi connectivity index (χ0v) is 29.7. The molecular weight excluding hydrogens is 611 g/mol. The van der Waals surface area contributed by atoms with E-state index < -0.39 is 8.07 Å². The van der Waals surface area contributed by atoms with Crippen LogP contribution in [0.5, 0.6) is 0 Å². The number of rotatable bonds is 6. The molecule has 0 bridgehead atoms. The topological polar surface area (TPSA) is 38.7 Å². The molecule has 49 heavy (non-hydrogen) atoms. The smallest absolute Gasteiger partial charge is 0.164 e. The molecule has 1 aromatic heterocycles. The van der Waals surface area contributed by atoms with Crippen molar-refractivity contribution in [3.8, 4) is 67.5 Å². The van der Waals surface area contributed by atoms with E-state index in [4.69, 9.17) is 15.0 Å². The number of aromatic nitrogens is 3. The average molecular weight is 650 g/mol. The van der Waals surface area contributed by atoms with Crippen molar-refractivity contribution in [1.29, 1.82) is 0 Å². The van der Waals surface area contributed by atoms with Crippen molar-refractivity contribution in [3.63, 3.8) is 0 Å². The maximum Gasteiger partial charge on any atom is 0.164 e. The van der Waals surface area contributed by atoms with E-state index in [2.05, 4.69) is 155 Å². The zero-order valence-electron chi connectivity index (χ0n) is 28.7.